The van der Waals surface area contributed by atoms with Gasteiger partial charge in [-0.2, -0.15) is 0 Å². The molecular formula is C15H22N2O3S. The molecule has 1 aromatic heterocycles. The van der Waals surface area contributed by atoms with Crippen LogP contribution in [0.5, 0.6) is 0 Å². The molecule has 1 saturated heterocycles. The number of amides is 2. The number of nitrogens with zero attached hydrogens (tertiary/aromatic N) is 1. The molecule has 0 aromatic carbocycles. The van der Waals surface area contributed by atoms with E-state index >= 15 is 0 Å². The van der Waals surface area contributed by atoms with Crippen molar-refractivity contribution in [2.24, 2.45) is 5.92 Å². The molecule has 0 saturated carbocycles. The molecule has 6 heteroatoms. The minimum absolute atomic E-state index is 0.0000217. The van der Waals surface area contributed by atoms with Crippen LogP contribution in [-0.4, -0.2) is 40.4 Å². The lowest BCUT2D eigenvalue weighted by atomic mass is 10.1. The quantitative estimate of drug-likeness (QED) is 0.907. The molecule has 2 heterocycles. The number of nitrogens with one attached hydrogen (secondary N) is 1. The van der Waals surface area contributed by atoms with Gasteiger partial charge in [0.15, 0.2) is 5.76 Å². The average molecular weight is 310 g/mol. The van der Waals surface area contributed by atoms with E-state index < -0.39 is 6.04 Å². The van der Waals surface area contributed by atoms with Crippen molar-refractivity contribution < 1.29 is 14.0 Å². The first-order chi connectivity index (χ1) is 10.1. The highest BCUT2D eigenvalue weighted by Crippen LogP contribution is 2.35. The topological polar surface area (TPSA) is 62.6 Å². The number of hydrogen-bond acceptors (Lipinski definition) is 4. The maximum atomic E-state index is 12.7. The summed E-state index contributed by atoms with van der Waals surface area (Å²) < 4.78 is 5.21. The molecule has 1 aliphatic heterocycles. The van der Waals surface area contributed by atoms with Crippen molar-refractivity contribution in [3.63, 3.8) is 0 Å². The van der Waals surface area contributed by atoms with Crippen LogP contribution in [0.4, 0.5) is 0 Å². The van der Waals surface area contributed by atoms with E-state index in [1.165, 1.54) is 6.26 Å². The Balaban J connectivity index is 2.20. The summed E-state index contributed by atoms with van der Waals surface area (Å²) in [5.41, 5.74) is 0. The van der Waals surface area contributed by atoms with Crippen LogP contribution in [0.2, 0.25) is 0 Å². The van der Waals surface area contributed by atoms with Gasteiger partial charge in [-0.3, -0.25) is 9.59 Å². The monoisotopic (exact) mass is 310 g/mol. The van der Waals surface area contributed by atoms with Crippen molar-refractivity contribution >= 4 is 23.6 Å². The van der Waals surface area contributed by atoms with Gasteiger partial charge in [0.1, 0.15) is 6.04 Å². The summed E-state index contributed by atoms with van der Waals surface area (Å²) in [5, 5.41) is 2.89. The Hall–Kier alpha value is -1.43. The molecule has 0 spiro atoms. The molecule has 2 unspecified atom stereocenters. The zero-order chi connectivity index (χ0) is 15.4. The Morgan fingerprint density at radius 2 is 2.29 bits per heavy atom. The Bertz CT molecular complexity index is 487. The van der Waals surface area contributed by atoms with E-state index in [1.54, 1.807) is 28.8 Å². The number of hydrogen-bond donors (Lipinski definition) is 1. The normalized spacial score (nSPS) is 21.8. The fourth-order valence-electron chi connectivity index (χ4n) is 2.39. The van der Waals surface area contributed by atoms with E-state index in [4.69, 9.17) is 4.42 Å². The van der Waals surface area contributed by atoms with Crippen LogP contribution < -0.4 is 5.32 Å². The fraction of sp³-hybridized carbons (Fsp3) is 0.600. The van der Waals surface area contributed by atoms with Gasteiger partial charge in [0.2, 0.25) is 5.91 Å². The van der Waals surface area contributed by atoms with Crippen LogP contribution in [0, 0.1) is 5.92 Å². The molecule has 0 bridgehead atoms. The minimum Gasteiger partial charge on any atom is -0.459 e. The number of carbonyl (C=O) groups is 2. The van der Waals surface area contributed by atoms with Crippen LogP contribution in [0.3, 0.4) is 0 Å². The second-order valence-electron chi connectivity index (χ2n) is 5.46. The molecule has 1 aromatic rings. The smallest absolute Gasteiger partial charge is 0.291 e. The molecule has 1 aliphatic rings. The molecule has 1 N–H and O–H groups in total. The first kappa shape index (κ1) is 15.9. The number of furan rings is 1. The molecule has 2 amide bonds. The van der Waals surface area contributed by atoms with Crippen molar-refractivity contribution in [1.29, 1.82) is 0 Å². The van der Waals surface area contributed by atoms with Gasteiger partial charge in [0.05, 0.1) is 11.6 Å². The molecule has 5 nitrogen and oxygen atoms in total. The highest BCUT2D eigenvalue weighted by Gasteiger charge is 2.43. The van der Waals surface area contributed by atoms with Gasteiger partial charge in [0.25, 0.3) is 5.91 Å². The maximum Gasteiger partial charge on any atom is 0.291 e. The van der Waals surface area contributed by atoms with Crippen molar-refractivity contribution in [3.05, 3.63) is 24.2 Å². The van der Waals surface area contributed by atoms with E-state index in [2.05, 4.69) is 19.2 Å². The van der Waals surface area contributed by atoms with Crippen molar-refractivity contribution in [2.75, 3.05) is 12.3 Å². The third-order valence-electron chi connectivity index (χ3n) is 3.42. The van der Waals surface area contributed by atoms with E-state index in [0.29, 0.717) is 12.3 Å². The number of thioether (sulfide) groups is 1. The summed E-state index contributed by atoms with van der Waals surface area (Å²) in [5.74, 6) is 0.910. The summed E-state index contributed by atoms with van der Waals surface area (Å²) in [6, 6.07) is 2.91. The first-order valence-corrected chi connectivity index (χ1v) is 8.36. The van der Waals surface area contributed by atoms with Crippen LogP contribution >= 0.6 is 11.8 Å². The SMILES string of the molecule is CCCNC(=O)C1CSC(C(C)C)N1C(=O)c1ccco1. The van der Waals surface area contributed by atoms with Crippen molar-refractivity contribution in [3.8, 4) is 0 Å². The van der Waals surface area contributed by atoms with Crippen LogP contribution in [-0.2, 0) is 4.79 Å². The predicted molar refractivity (Wildman–Crippen MR) is 83.1 cm³/mol. The Morgan fingerprint density at radius 3 is 2.86 bits per heavy atom. The second-order valence-corrected chi connectivity index (χ2v) is 6.61. The molecule has 2 rings (SSSR count). The lowest BCUT2D eigenvalue weighted by Gasteiger charge is -2.30. The van der Waals surface area contributed by atoms with Gasteiger partial charge < -0.3 is 14.6 Å². The van der Waals surface area contributed by atoms with Crippen molar-refractivity contribution in [2.45, 2.75) is 38.6 Å². The third kappa shape index (κ3) is 3.43. The third-order valence-corrected chi connectivity index (χ3v) is 5.04. The van der Waals surface area contributed by atoms with Crippen LogP contribution in [0.25, 0.3) is 0 Å². The molecule has 0 aliphatic carbocycles. The summed E-state index contributed by atoms with van der Waals surface area (Å²) in [4.78, 5) is 26.6. The van der Waals surface area contributed by atoms with Crippen LogP contribution in [0.1, 0.15) is 37.7 Å². The lowest BCUT2D eigenvalue weighted by Crippen LogP contribution is -2.50. The van der Waals surface area contributed by atoms with E-state index in [1.807, 2.05) is 6.92 Å². The molecule has 1 fully saturated rings. The summed E-state index contributed by atoms with van der Waals surface area (Å²) >= 11 is 1.66. The number of carbonyl (C=O) groups excluding carboxylic acids is 2. The summed E-state index contributed by atoms with van der Waals surface area (Å²) in [6.45, 7) is 6.76. The predicted octanol–water partition coefficient (Wildman–Crippen LogP) is 2.35. The summed E-state index contributed by atoms with van der Waals surface area (Å²) in [6.07, 6.45) is 2.36. The second kappa shape index (κ2) is 7.02. The van der Waals surface area contributed by atoms with Gasteiger partial charge in [-0.25, -0.2) is 0 Å². The Kier molecular flexibility index (Phi) is 5.33. The highest BCUT2D eigenvalue weighted by atomic mass is 32.2. The van der Waals surface area contributed by atoms with Gasteiger partial charge >= 0.3 is 0 Å². The standard InChI is InChI=1S/C15H22N2O3S/c1-4-7-16-13(18)11-9-21-15(10(2)3)17(11)14(19)12-6-5-8-20-12/h5-6,8,10-11,15H,4,7,9H2,1-3H3,(H,16,18). The van der Waals surface area contributed by atoms with Gasteiger partial charge in [0, 0.05) is 12.3 Å². The van der Waals surface area contributed by atoms with Crippen molar-refractivity contribution in [1.82, 2.24) is 10.2 Å². The van der Waals surface area contributed by atoms with Gasteiger partial charge in [-0.05, 0) is 24.5 Å². The maximum absolute atomic E-state index is 12.7. The minimum atomic E-state index is -0.424. The van der Waals surface area contributed by atoms with Gasteiger partial charge in [-0.15, -0.1) is 11.8 Å². The molecular weight excluding hydrogens is 288 g/mol. The Morgan fingerprint density at radius 1 is 1.52 bits per heavy atom. The van der Waals surface area contributed by atoms with Gasteiger partial charge in [-0.1, -0.05) is 20.8 Å². The highest BCUT2D eigenvalue weighted by molar-refractivity contribution is 8.00. The zero-order valence-corrected chi connectivity index (χ0v) is 13.5. The first-order valence-electron chi connectivity index (χ1n) is 7.31. The zero-order valence-electron chi connectivity index (χ0n) is 12.7. The van der Waals surface area contributed by atoms with E-state index in [9.17, 15) is 9.59 Å². The molecule has 2 atom stereocenters. The van der Waals surface area contributed by atoms with E-state index in [-0.39, 0.29) is 28.9 Å². The molecule has 21 heavy (non-hydrogen) atoms. The molecule has 116 valence electrons. The lowest BCUT2D eigenvalue weighted by molar-refractivity contribution is -0.124. The summed E-state index contributed by atoms with van der Waals surface area (Å²) in [7, 11) is 0. The molecule has 0 radical (unpaired) electrons. The largest absolute Gasteiger partial charge is 0.459 e. The Labute approximate surface area is 129 Å². The number of rotatable bonds is 5. The van der Waals surface area contributed by atoms with E-state index in [0.717, 1.165) is 6.42 Å². The average Bonchev–Trinajstić information content (AvgIpc) is 3.12. The van der Waals surface area contributed by atoms with Crippen LogP contribution in [0.15, 0.2) is 22.8 Å². The fourth-order valence-corrected chi connectivity index (χ4v) is 3.87.